The van der Waals surface area contributed by atoms with E-state index in [0.717, 1.165) is 5.06 Å². The van der Waals surface area contributed by atoms with Crippen LogP contribution in [0, 0.1) is 5.21 Å². The van der Waals surface area contributed by atoms with Gasteiger partial charge in [0.05, 0.1) is 12.6 Å². The Morgan fingerprint density at radius 2 is 2.60 bits per heavy atom. The highest BCUT2D eigenvalue weighted by Gasteiger charge is 2.28. The lowest BCUT2D eigenvalue weighted by Gasteiger charge is -2.44. The van der Waals surface area contributed by atoms with E-state index in [2.05, 4.69) is 4.74 Å². The van der Waals surface area contributed by atoms with Crippen molar-refractivity contribution in [3.05, 3.63) is 5.21 Å². The van der Waals surface area contributed by atoms with Gasteiger partial charge in [0.15, 0.2) is 0 Å². The van der Waals surface area contributed by atoms with Crippen LogP contribution in [-0.2, 0) is 9.53 Å². The number of carbonyl (C=O) groups excluding carboxylic acids is 1. The van der Waals surface area contributed by atoms with Crippen LogP contribution in [0.2, 0.25) is 0 Å². The molecule has 1 heterocycles. The van der Waals surface area contributed by atoms with E-state index in [4.69, 9.17) is 0 Å². The molecule has 1 aliphatic heterocycles. The van der Waals surface area contributed by atoms with Gasteiger partial charge in [0.1, 0.15) is 0 Å². The molecule has 0 amide bonds. The van der Waals surface area contributed by atoms with Crippen molar-refractivity contribution in [2.24, 2.45) is 0 Å². The van der Waals surface area contributed by atoms with E-state index in [1.807, 2.05) is 0 Å². The maximum atomic E-state index is 10.8. The molecule has 0 saturated carbocycles. The third-order valence-electron chi connectivity index (χ3n) is 1.53. The van der Waals surface area contributed by atoms with Crippen LogP contribution < -0.4 is 0 Å². The maximum absolute atomic E-state index is 10.8. The number of carbonyl (C=O) groups is 1. The largest absolute Gasteiger partial charge is 0.785 e. The van der Waals surface area contributed by atoms with Crippen molar-refractivity contribution in [3.63, 3.8) is 0 Å². The molecule has 0 radical (unpaired) electrons. The van der Waals surface area contributed by atoms with Gasteiger partial charge in [0, 0.05) is 0 Å². The molecule has 1 fully saturated rings. The number of nitrogens with zero attached hydrogens (tertiary/aromatic N) is 1. The van der Waals surface area contributed by atoms with Crippen molar-refractivity contribution in [1.29, 1.82) is 0 Å². The fraction of sp³-hybridized carbons (Fsp3) is 0.833. The Balaban J connectivity index is 2.27. The Hall–Kier alpha value is -0.610. The highest BCUT2D eigenvalue weighted by molar-refractivity contribution is 5.76. The monoisotopic (exact) mass is 144 g/mol. The molecule has 0 unspecified atom stereocenters. The standard InChI is InChI=1S/C6H10NO3/c1-2-10-6(8)5-3-4-7(5)9/h5H,2-4H2,1H3/q-1/t5-/m0/s1. The zero-order valence-corrected chi connectivity index (χ0v) is 5.87. The summed E-state index contributed by atoms with van der Waals surface area (Å²) in [6.45, 7) is 2.54. The van der Waals surface area contributed by atoms with Gasteiger partial charge in [0.2, 0.25) is 0 Å². The first-order valence-corrected chi connectivity index (χ1v) is 3.36. The number of hydroxylamine groups is 2. The zero-order chi connectivity index (χ0) is 7.56. The van der Waals surface area contributed by atoms with Crippen LogP contribution in [-0.4, -0.2) is 30.2 Å². The molecule has 0 aromatic carbocycles. The second-order valence-corrected chi connectivity index (χ2v) is 2.20. The topological polar surface area (TPSA) is 52.6 Å². The van der Waals surface area contributed by atoms with Crippen LogP contribution in [0.1, 0.15) is 13.3 Å². The van der Waals surface area contributed by atoms with E-state index in [1.165, 1.54) is 0 Å². The normalized spacial score (nSPS) is 25.6. The van der Waals surface area contributed by atoms with Crippen LogP contribution in [0.4, 0.5) is 0 Å². The molecule has 4 heteroatoms. The van der Waals surface area contributed by atoms with Gasteiger partial charge in [-0.2, -0.15) is 0 Å². The average Bonchev–Trinajstić information content (AvgIpc) is 1.85. The molecule has 1 rings (SSSR count). The SMILES string of the molecule is CCOC(=O)[C@@H]1CCN1[O-]. The van der Waals surface area contributed by atoms with Gasteiger partial charge in [-0.3, -0.25) is 4.79 Å². The summed E-state index contributed by atoms with van der Waals surface area (Å²) in [5.74, 6) is -0.385. The molecule has 0 N–H and O–H groups in total. The lowest BCUT2D eigenvalue weighted by Crippen LogP contribution is -2.49. The van der Waals surface area contributed by atoms with Crippen molar-refractivity contribution in [3.8, 4) is 0 Å². The van der Waals surface area contributed by atoms with Crippen molar-refractivity contribution < 1.29 is 9.53 Å². The summed E-state index contributed by atoms with van der Waals surface area (Å²) in [7, 11) is 0. The molecule has 0 aromatic heterocycles. The van der Waals surface area contributed by atoms with E-state index < -0.39 is 6.04 Å². The molecular weight excluding hydrogens is 134 g/mol. The number of ether oxygens (including phenoxy) is 1. The van der Waals surface area contributed by atoms with Crippen LogP contribution in [0.15, 0.2) is 0 Å². The summed E-state index contributed by atoms with van der Waals surface area (Å²) >= 11 is 0. The van der Waals surface area contributed by atoms with Crippen molar-refractivity contribution in [2.45, 2.75) is 19.4 Å². The third-order valence-corrected chi connectivity index (χ3v) is 1.53. The van der Waals surface area contributed by atoms with E-state index >= 15 is 0 Å². The molecule has 0 aromatic rings. The third kappa shape index (κ3) is 1.27. The number of hydrogen-bond donors (Lipinski definition) is 0. The summed E-state index contributed by atoms with van der Waals surface area (Å²) in [6.07, 6.45) is 0.641. The molecule has 1 saturated heterocycles. The van der Waals surface area contributed by atoms with Crippen LogP contribution >= 0.6 is 0 Å². The van der Waals surface area contributed by atoms with Crippen LogP contribution in [0.3, 0.4) is 0 Å². The summed E-state index contributed by atoms with van der Waals surface area (Å²) in [6, 6.07) is -0.514. The fourth-order valence-corrected chi connectivity index (χ4v) is 0.837. The second-order valence-electron chi connectivity index (χ2n) is 2.20. The number of esters is 1. The Morgan fingerprint density at radius 3 is 2.90 bits per heavy atom. The van der Waals surface area contributed by atoms with Crippen molar-refractivity contribution >= 4 is 5.97 Å². The molecule has 58 valence electrons. The Kier molecular flexibility index (Phi) is 2.24. The fourth-order valence-electron chi connectivity index (χ4n) is 0.837. The summed E-state index contributed by atoms with van der Waals surface area (Å²) in [4.78, 5) is 10.8. The molecular formula is C6H10NO3-. The minimum atomic E-state index is -0.514. The van der Waals surface area contributed by atoms with E-state index in [0.29, 0.717) is 19.6 Å². The van der Waals surface area contributed by atoms with Gasteiger partial charge < -0.3 is 15.0 Å². The number of hydrogen-bond acceptors (Lipinski definition) is 4. The molecule has 0 spiro atoms. The Labute approximate surface area is 59.3 Å². The molecule has 0 bridgehead atoms. The Bertz CT molecular complexity index is 137. The Morgan fingerprint density at radius 1 is 1.90 bits per heavy atom. The molecule has 0 aliphatic carbocycles. The van der Waals surface area contributed by atoms with Crippen LogP contribution in [0.25, 0.3) is 0 Å². The molecule has 4 nitrogen and oxygen atoms in total. The van der Waals surface area contributed by atoms with E-state index in [9.17, 15) is 10.0 Å². The van der Waals surface area contributed by atoms with Gasteiger partial charge in [-0.25, -0.2) is 0 Å². The van der Waals surface area contributed by atoms with Gasteiger partial charge >= 0.3 is 5.97 Å². The quantitative estimate of drug-likeness (QED) is 0.516. The van der Waals surface area contributed by atoms with Gasteiger partial charge in [-0.15, -0.1) is 0 Å². The summed E-state index contributed by atoms with van der Waals surface area (Å²) in [5, 5.41) is 11.3. The summed E-state index contributed by atoms with van der Waals surface area (Å²) in [5.41, 5.74) is 0. The van der Waals surface area contributed by atoms with Gasteiger partial charge in [-0.1, -0.05) is 0 Å². The minimum absolute atomic E-state index is 0.350. The average molecular weight is 144 g/mol. The van der Waals surface area contributed by atoms with Crippen LogP contribution in [0.5, 0.6) is 0 Å². The van der Waals surface area contributed by atoms with Crippen molar-refractivity contribution in [2.75, 3.05) is 13.2 Å². The lowest BCUT2D eigenvalue weighted by molar-refractivity contribution is -0.152. The highest BCUT2D eigenvalue weighted by atomic mass is 16.6. The minimum Gasteiger partial charge on any atom is -0.785 e. The molecule has 10 heavy (non-hydrogen) atoms. The van der Waals surface area contributed by atoms with E-state index in [1.54, 1.807) is 6.92 Å². The predicted octanol–water partition coefficient (Wildman–Crippen LogP) is 0.122. The first kappa shape index (κ1) is 7.50. The molecule has 1 atom stereocenters. The summed E-state index contributed by atoms with van der Waals surface area (Å²) < 4.78 is 4.64. The predicted molar refractivity (Wildman–Crippen MR) is 35.1 cm³/mol. The maximum Gasteiger partial charge on any atom is 0.322 e. The first-order chi connectivity index (χ1) is 4.75. The first-order valence-electron chi connectivity index (χ1n) is 3.36. The molecule has 1 aliphatic rings. The van der Waals surface area contributed by atoms with E-state index in [-0.39, 0.29) is 5.97 Å². The number of rotatable bonds is 2. The second kappa shape index (κ2) is 2.98. The zero-order valence-electron chi connectivity index (χ0n) is 5.87. The smallest absolute Gasteiger partial charge is 0.322 e. The lowest BCUT2D eigenvalue weighted by atomic mass is 10.1. The van der Waals surface area contributed by atoms with Gasteiger partial charge in [0.25, 0.3) is 0 Å². The van der Waals surface area contributed by atoms with Gasteiger partial charge in [-0.05, 0) is 19.9 Å². The highest BCUT2D eigenvalue weighted by Crippen LogP contribution is 2.15. The van der Waals surface area contributed by atoms with Crippen molar-refractivity contribution in [1.82, 2.24) is 5.06 Å².